The van der Waals surface area contributed by atoms with E-state index in [4.69, 9.17) is 0 Å². The van der Waals surface area contributed by atoms with Crippen LogP contribution < -0.4 is 5.32 Å². The molecule has 0 saturated heterocycles. The second-order valence-electron chi connectivity index (χ2n) is 5.43. The van der Waals surface area contributed by atoms with E-state index in [2.05, 4.69) is 45.0 Å². The SMILES string of the molecule is CCNC(CN(C)C(C)C1CC1)C(C)C. The summed E-state index contributed by atoms with van der Waals surface area (Å²) < 4.78 is 0. The lowest BCUT2D eigenvalue weighted by molar-refractivity contribution is 0.192. The van der Waals surface area contributed by atoms with E-state index < -0.39 is 0 Å². The summed E-state index contributed by atoms with van der Waals surface area (Å²) in [6, 6.07) is 1.41. The molecule has 2 atom stereocenters. The molecule has 0 amide bonds. The minimum Gasteiger partial charge on any atom is -0.313 e. The van der Waals surface area contributed by atoms with E-state index in [-0.39, 0.29) is 0 Å². The topological polar surface area (TPSA) is 15.3 Å². The predicted octanol–water partition coefficient (Wildman–Crippen LogP) is 2.35. The van der Waals surface area contributed by atoms with Crippen LogP contribution in [0.3, 0.4) is 0 Å². The number of hydrogen-bond acceptors (Lipinski definition) is 2. The summed E-state index contributed by atoms with van der Waals surface area (Å²) in [6.07, 6.45) is 2.89. The lowest BCUT2D eigenvalue weighted by Gasteiger charge is -2.31. The zero-order chi connectivity index (χ0) is 11.4. The predicted molar refractivity (Wildman–Crippen MR) is 67.1 cm³/mol. The molecule has 0 heterocycles. The molecule has 0 aromatic rings. The quantitative estimate of drug-likeness (QED) is 0.697. The molecule has 0 spiro atoms. The highest BCUT2D eigenvalue weighted by Crippen LogP contribution is 2.34. The molecule has 1 saturated carbocycles. The Morgan fingerprint density at radius 1 is 1.27 bits per heavy atom. The molecule has 2 nitrogen and oxygen atoms in total. The largest absolute Gasteiger partial charge is 0.313 e. The molecule has 0 aromatic heterocycles. The van der Waals surface area contributed by atoms with Crippen LogP contribution in [0.5, 0.6) is 0 Å². The van der Waals surface area contributed by atoms with Crippen LogP contribution >= 0.6 is 0 Å². The molecule has 2 heteroatoms. The Hall–Kier alpha value is -0.0800. The average molecular weight is 212 g/mol. The van der Waals surface area contributed by atoms with Crippen LogP contribution in [0.25, 0.3) is 0 Å². The summed E-state index contributed by atoms with van der Waals surface area (Å²) >= 11 is 0. The summed E-state index contributed by atoms with van der Waals surface area (Å²) in [5.41, 5.74) is 0. The minimum atomic E-state index is 0.640. The summed E-state index contributed by atoms with van der Waals surface area (Å²) in [6.45, 7) is 11.4. The van der Waals surface area contributed by atoms with Crippen LogP contribution in [0.4, 0.5) is 0 Å². The first kappa shape index (κ1) is 13.0. The van der Waals surface area contributed by atoms with Gasteiger partial charge in [0.2, 0.25) is 0 Å². The second kappa shape index (κ2) is 5.86. The van der Waals surface area contributed by atoms with Crippen molar-refractivity contribution in [3.63, 3.8) is 0 Å². The Kier molecular flexibility index (Phi) is 5.07. The van der Waals surface area contributed by atoms with Crippen molar-refractivity contribution >= 4 is 0 Å². The Bertz CT molecular complexity index is 175. The van der Waals surface area contributed by atoms with Crippen molar-refractivity contribution in [3.05, 3.63) is 0 Å². The molecule has 0 aliphatic heterocycles. The fourth-order valence-electron chi connectivity index (χ4n) is 2.19. The second-order valence-corrected chi connectivity index (χ2v) is 5.43. The molecule has 15 heavy (non-hydrogen) atoms. The van der Waals surface area contributed by atoms with Crippen molar-refractivity contribution in [2.75, 3.05) is 20.1 Å². The number of nitrogens with one attached hydrogen (secondary N) is 1. The molecule has 2 unspecified atom stereocenters. The minimum absolute atomic E-state index is 0.640. The zero-order valence-electron chi connectivity index (χ0n) is 11.1. The van der Waals surface area contributed by atoms with E-state index in [1.807, 2.05) is 0 Å². The van der Waals surface area contributed by atoms with E-state index in [9.17, 15) is 0 Å². The number of hydrogen-bond donors (Lipinski definition) is 1. The molecule has 1 N–H and O–H groups in total. The van der Waals surface area contributed by atoms with E-state index in [0.717, 1.165) is 24.4 Å². The van der Waals surface area contributed by atoms with Crippen LogP contribution in [0.1, 0.15) is 40.5 Å². The summed E-state index contributed by atoms with van der Waals surface area (Å²) in [5.74, 6) is 1.70. The van der Waals surface area contributed by atoms with Gasteiger partial charge in [-0.05, 0) is 45.2 Å². The third kappa shape index (κ3) is 4.12. The summed E-state index contributed by atoms with van der Waals surface area (Å²) in [7, 11) is 2.27. The summed E-state index contributed by atoms with van der Waals surface area (Å²) in [4.78, 5) is 2.53. The number of likely N-dealkylation sites (N-methyl/N-ethyl adjacent to an activating group) is 2. The van der Waals surface area contributed by atoms with Crippen molar-refractivity contribution in [1.82, 2.24) is 10.2 Å². The monoisotopic (exact) mass is 212 g/mol. The Morgan fingerprint density at radius 3 is 2.27 bits per heavy atom. The van der Waals surface area contributed by atoms with Gasteiger partial charge >= 0.3 is 0 Å². The van der Waals surface area contributed by atoms with E-state index >= 15 is 0 Å². The van der Waals surface area contributed by atoms with Gasteiger partial charge < -0.3 is 10.2 Å². The van der Waals surface area contributed by atoms with Gasteiger partial charge in [-0.25, -0.2) is 0 Å². The molecule has 90 valence electrons. The first-order valence-electron chi connectivity index (χ1n) is 6.49. The van der Waals surface area contributed by atoms with Gasteiger partial charge in [-0.3, -0.25) is 0 Å². The molecule has 0 aromatic carbocycles. The molecule has 1 rings (SSSR count). The Labute approximate surface area is 95.4 Å². The van der Waals surface area contributed by atoms with Crippen LogP contribution in [0.2, 0.25) is 0 Å². The number of nitrogens with zero attached hydrogens (tertiary/aromatic N) is 1. The molecule has 0 radical (unpaired) electrons. The third-order valence-electron chi connectivity index (χ3n) is 3.76. The van der Waals surface area contributed by atoms with Gasteiger partial charge in [-0.15, -0.1) is 0 Å². The standard InChI is InChI=1S/C13H28N2/c1-6-14-13(10(2)3)9-15(5)11(4)12-7-8-12/h10-14H,6-9H2,1-5H3. The molecule has 1 fully saturated rings. The first-order valence-corrected chi connectivity index (χ1v) is 6.49. The lowest BCUT2D eigenvalue weighted by atomic mass is 10.0. The van der Waals surface area contributed by atoms with E-state index in [1.54, 1.807) is 0 Å². The average Bonchev–Trinajstić information content (AvgIpc) is 2.98. The number of rotatable bonds is 7. The van der Waals surface area contributed by atoms with Crippen LogP contribution in [0.15, 0.2) is 0 Å². The van der Waals surface area contributed by atoms with E-state index in [1.165, 1.54) is 19.4 Å². The normalized spacial score (nSPS) is 21.0. The fourth-order valence-corrected chi connectivity index (χ4v) is 2.19. The highest BCUT2D eigenvalue weighted by molar-refractivity contribution is 4.86. The van der Waals surface area contributed by atoms with Crippen LogP contribution in [-0.4, -0.2) is 37.1 Å². The van der Waals surface area contributed by atoms with Gasteiger partial charge in [-0.1, -0.05) is 20.8 Å². The van der Waals surface area contributed by atoms with Crippen LogP contribution in [-0.2, 0) is 0 Å². The molecular formula is C13H28N2. The van der Waals surface area contributed by atoms with Gasteiger partial charge in [0, 0.05) is 18.6 Å². The van der Waals surface area contributed by atoms with Crippen molar-refractivity contribution < 1.29 is 0 Å². The van der Waals surface area contributed by atoms with Crippen LogP contribution in [0, 0.1) is 11.8 Å². The van der Waals surface area contributed by atoms with E-state index in [0.29, 0.717) is 6.04 Å². The zero-order valence-corrected chi connectivity index (χ0v) is 11.1. The summed E-state index contributed by atoms with van der Waals surface area (Å²) in [5, 5.41) is 3.59. The molecular weight excluding hydrogens is 184 g/mol. The molecule has 1 aliphatic carbocycles. The van der Waals surface area contributed by atoms with Crippen molar-refractivity contribution in [2.24, 2.45) is 11.8 Å². The maximum Gasteiger partial charge on any atom is 0.0217 e. The molecule has 0 bridgehead atoms. The van der Waals surface area contributed by atoms with Crippen molar-refractivity contribution in [1.29, 1.82) is 0 Å². The third-order valence-corrected chi connectivity index (χ3v) is 3.76. The van der Waals surface area contributed by atoms with Gasteiger partial charge in [0.25, 0.3) is 0 Å². The maximum atomic E-state index is 3.59. The first-order chi connectivity index (χ1) is 7.06. The van der Waals surface area contributed by atoms with Crippen molar-refractivity contribution in [2.45, 2.75) is 52.6 Å². The Balaban J connectivity index is 2.34. The lowest BCUT2D eigenvalue weighted by Crippen LogP contribution is -2.46. The molecule has 1 aliphatic rings. The van der Waals surface area contributed by atoms with Gasteiger partial charge in [0.05, 0.1) is 0 Å². The smallest absolute Gasteiger partial charge is 0.0217 e. The maximum absolute atomic E-state index is 3.59. The fraction of sp³-hybridized carbons (Fsp3) is 1.00. The van der Waals surface area contributed by atoms with Gasteiger partial charge in [0.15, 0.2) is 0 Å². The highest BCUT2D eigenvalue weighted by atomic mass is 15.2. The Morgan fingerprint density at radius 2 is 1.87 bits per heavy atom. The van der Waals surface area contributed by atoms with Gasteiger partial charge in [-0.2, -0.15) is 0 Å². The van der Waals surface area contributed by atoms with Gasteiger partial charge in [0.1, 0.15) is 0 Å². The van der Waals surface area contributed by atoms with Crippen molar-refractivity contribution in [3.8, 4) is 0 Å². The highest BCUT2D eigenvalue weighted by Gasteiger charge is 2.31.